The van der Waals surface area contributed by atoms with Gasteiger partial charge in [-0.1, -0.05) is 6.92 Å². The maximum atomic E-state index is 11.7. The Hall–Kier alpha value is -2.30. The van der Waals surface area contributed by atoms with Gasteiger partial charge in [-0.25, -0.2) is 4.79 Å². The van der Waals surface area contributed by atoms with Crippen molar-refractivity contribution >= 4 is 16.8 Å². The predicted octanol–water partition coefficient (Wildman–Crippen LogP) is 2.11. The number of hydrogen-bond acceptors (Lipinski definition) is 5. The molecule has 2 rings (SSSR count). The minimum Gasteiger partial charge on any atom is -0.508 e. The zero-order chi connectivity index (χ0) is 13.4. The summed E-state index contributed by atoms with van der Waals surface area (Å²) in [5.74, 6) is -0.912. The highest BCUT2D eigenvalue weighted by atomic mass is 16.4. The van der Waals surface area contributed by atoms with E-state index in [1.807, 2.05) is 0 Å². The lowest BCUT2D eigenvalue weighted by atomic mass is 10.0. The second kappa shape index (κ2) is 4.18. The van der Waals surface area contributed by atoms with Crippen LogP contribution in [0.4, 0.5) is 0 Å². The highest BCUT2D eigenvalue weighted by Crippen LogP contribution is 2.32. The van der Waals surface area contributed by atoms with Crippen molar-refractivity contribution in [3.05, 3.63) is 33.7 Å². The average Bonchev–Trinajstić information content (AvgIpc) is 2.34. The van der Waals surface area contributed by atoms with Gasteiger partial charge in [-0.3, -0.25) is 4.79 Å². The molecule has 0 aliphatic carbocycles. The van der Waals surface area contributed by atoms with Crippen LogP contribution in [0, 0.1) is 6.92 Å². The van der Waals surface area contributed by atoms with E-state index in [1.54, 1.807) is 13.8 Å². The summed E-state index contributed by atoms with van der Waals surface area (Å²) in [6.45, 7) is 3.15. The van der Waals surface area contributed by atoms with Gasteiger partial charge in [-0.2, -0.15) is 0 Å². The first kappa shape index (κ1) is 12.2. The van der Waals surface area contributed by atoms with Crippen LogP contribution in [-0.2, 0) is 0 Å². The molecule has 0 bridgehead atoms. The van der Waals surface area contributed by atoms with Crippen LogP contribution in [-0.4, -0.2) is 16.0 Å². The zero-order valence-electron chi connectivity index (χ0n) is 9.98. The summed E-state index contributed by atoms with van der Waals surface area (Å²) in [6, 6.07) is 2.78. The number of Topliss-reactive ketones (excluding diaryl/α,β-unsaturated/α-hetero) is 1. The van der Waals surface area contributed by atoms with Crippen molar-refractivity contribution in [2.45, 2.75) is 20.3 Å². The van der Waals surface area contributed by atoms with E-state index in [0.29, 0.717) is 5.56 Å². The van der Waals surface area contributed by atoms with Gasteiger partial charge in [0.25, 0.3) is 0 Å². The third-order valence-corrected chi connectivity index (χ3v) is 2.87. The van der Waals surface area contributed by atoms with Gasteiger partial charge in [-0.05, 0) is 19.1 Å². The highest BCUT2D eigenvalue weighted by Gasteiger charge is 2.20. The number of carbonyl (C=O) groups is 1. The number of phenolic OH excluding ortho intramolecular Hbond substituents is 1. The van der Waals surface area contributed by atoms with E-state index in [4.69, 9.17) is 4.42 Å². The number of benzene rings is 1. The fourth-order valence-electron chi connectivity index (χ4n) is 1.80. The molecule has 0 unspecified atom stereocenters. The summed E-state index contributed by atoms with van der Waals surface area (Å²) < 4.78 is 5.01. The SMILES string of the molecule is CCC(=O)c1c(O)c2ccc(O)c(C)c2oc1=O. The van der Waals surface area contributed by atoms with Crippen molar-refractivity contribution in [1.82, 2.24) is 0 Å². The first-order chi connectivity index (χ1) is 8.47. The Kier molecular flexibility index (Phi) is 2.82. The lowest BCUT2D eigenvalue weighted by Gasteiger charge is -2.07. The molecular formula is C13H12O5. The standard InChI is InChI=1S/C13H12O5/c1-3-8(14)10-11(16)7-4-5-9(15)6(2)12(7)18-13(10)17/h4-5,15-16H,3H2,1-2H3. The number of phenols is 1. The molecule has 0 amide bonds. The normalized spacial score (nSPS) is 10.8. The first-order valence-electron chi connectivity index (χ1n) is 5.49. The fourth-order valence-corrected chi connectivity index (χ4v) is 1.80. The molecule has 1 aromatic heterocycles. The quantitative estimate of drug-likeness (QED) is 0.627. The Morgan fingerprint density at radius 1 is 1.33 bits per heavy atom. The van der Waals surface area contributed by atoms with Crippen LogP contribution in [0.2, 0.25) is 0 Å². The van der Waals surface area contributed by atoms with Crippen LogP contribution < -0.4 is 5.63 Å². The van der Waals surface area contributed by atoms with E-state index in [-0.39, 0.29) is 28.7 Å². The molecule has 0 aliphatic heterocycles. The molecule has 1 heterocycles. The van der Waals surface area contributed by atoms with E-state index in [2.05, 4.69) is 0 Å². The van der Waals surface area contributed by atoms with Crippen molar-refractivity contribution in [3.8, 4) is 11.5 Å². The molecule has 5 nitrogen and oxygen atoms in total. The number of aryl methyl sites for hydroxylation is 1. The summed E-state index contributed by atoms with van der Waals surface area (Å²) in [4.78, 5) is 23.3. The summed E-state index contributed by atoms with van der Waals surface area (Å²) in [7, 11) is 0. The van der Waals surface area contributed by atoms with E-state index < -0.39 is 17.2 Å². The van der Waals surface area contributed by atoms with Crippen molar-refractivity contribution in [2.75, 3.05) is 0 Å². The number of carbonyl (C=O) groups excluding carboxylic acids is 1. The second-order valence-corrected chi connectivity index (χ2v) is 3.98. The monoisotopic (exact) mass is 248 g/mol. The van der Waals surface area contributed by atoms with Gasteiger partial charge in [-0.15, -0.1) is 0 Å². The van der Waals surface area contributed by atoms with Gasteiger partial charge in [0.2, 0.25) is 0 Å². The number of aromatic hydroxyl groups is 2. The van der Waals surface area contributed by atoms with Gasteiger partial charge in [0.05, 0.1) is 5.39 Å². The Morgan fingerprint density at radius 2 is 2.00 bits per heavy atom. The Labute approximate surface area is 102 Å². The molecule has 0 saturated heterocycles. The van der Waals surface area contributed by atoms with Crippen LogP contribution in [0.15, 0.2) is 21.3 Å². The van der Waals surface area contributed by atoms with Gasteiger partial charge < -0.3 is 14.6 Å². The minimum absolute atomic E-state index is 0.0420. The molecule has 0 radical (unpaired) electrons. The average molecular weight is 248 g/mol. The molecule has 5 heteroatoms. The third-order valence-electron chi connectivity index (χ3n) is 2.87. The highest BCUT2D eigenvalue weighted by molar-refractivity contribution is 6.03. The number of ketones is 1. The zero-order valence-corrected chi connectivity index (χ0v) is 9.98. The van der Waals surface area contributed by atoms with Crippen molar-refractivity contribution in [3.63, 3.8) is 0 Å². The molecule has 0 spiro atoms. The Balaban J connectivity index is 2.93. The molecule has 1 aromatic carbocycles. The van der Waals surface area contributed by atoms with Gasteiger partial charge in [0.15, 0.2) is 5.78 Å². The number of hydrogen-bond donors (Lipinski definition) is 2. The van der Waals surface area contributed by atoms with Crippen LogP contribution >= 0.6 is 0 Å². The largest absolute Gasteiger partial charge is 0.508 e. The third kappa shape index (κ3) is 1.64. The maximum absolute atomic E-state index is 11.7. The molecular weight excluding hydrogens is 236 g/mol. The second-order valence-electron chi connectivity index (χ2n) is 3.98. The molecule has 94 valence electrons. The smallest absolute Gasteiger partial charge is 0.351 e. The fraction of sp³-hybridized carbons (Fsp3) is 0.231. The summed E-state index contributed by atoms with van der Waals surface area (Å²) in [5.41, 5.74) is -0.795. The molecule has 2 N–H and O–H groups in total. The van der Waals surface area contributed by atoms with E-state index in [9.17, 15) is 19.8 Å². The van der Waals surface area contributed by atoms with Crippen LogP contribution in [0.3, 0.4) is 0 Å². The van der Waals surface area contributed by atoms with E-state index in [1.165, 1.54) is 12.1 Å². The van der Waals surface area contributed by atoms with Crippen LogP contribution in [0.5, 0.6) is 11.5 Å². The van der Waals surface area contributed by atoms with Gasteiger partial charge >= 0.3 is 5.63 Å². The van der Waals surface area contributed by atoms with Crippen molar-refractivity contribution in [1.29, 1.82) is 0 Å². The summed E-state index contributed by atoms with van der Waals surface area (Å²) >= 11 is 0. The molecule has 0 saturated carbocycles. The molecule has 0 atom stereocenters. The van der Waals surface area contributed by atoms with E-state index >= 15 is 0 Å². The van der Waals surface area contributed by atoms with Crippen LogP contribution in [0.1, 0.15) is 29.3 Å². The van der Waals surface area contributed by atoms with Gasteiger partial charge in [0, 0.05) is 12.0 Å². The summed E-state index contributed by atoms with van der Waals surface area (Å²) in [6.07, 6.45) is 0.0981. The van der Waals surface area contributed by atoms with Crippen LogP contribution in [0.25, 0.3) is 11.0 Å². The molecule has 2 aromatic rings. The predicted molar refractivity (Wildman–Crippen MR) is 65.2 cm³/mol. The van der Waals surface area contributed by atoms with Gasteiger partial charge in [0.1, 0.15) is 22.6 Å². The minimum atomic E-state index is -0.888. The maximum Gasteiger partial charge on any atom is 0.351 e. The molecule has 0 aliphatic rings. The number of rotatable bonds is 2. The first-order valence-corrected chi connectivity index (χ1v) is 5.49. The lowest BCUT2D eigenvalue weighted by molar-refractivity contribution is 0.0982. The Bertz CT molecular complexity index is 697. The topological polar surface area (TPSA) is 87.7 Å². The van der Waals surface area contributed by atoms with Crippen molar-refractivity contribution < 1.29 is 19.4 Å². The number of fused-ring (bicyclic) bond motifs is 1. The summed E-state index contributed by atoms with van der Waals surface area (Å²) in [5, 5.41) is 19.7. The Morgan fingerprint density at radius 3 is 2.61 bits per heavy atom. The van der Waals surface area contributed by atoms with Crippen molar-refractivity contribution in [2.24, 2.45) is 0 Å². The molecule has 0 fully saturated rings. The van der Waals surface area contributed by atoms with E-state index in [0.717, 1.165) is 0 Å². The molecule has 18 heavy (non-hydrogen) atoms. The lowest BCUT2D eigenvalue weighted by Crippen LogP contribution is -2.13.